The average Bonchev–Trinajstić information content (AvgIpc) is 2.87. The minimum atomic E-state index is 0.431. The van der Waals surface area contributed by atoms with Crippen molar-refractivity contribution in [2.45, 2.75) is 52.6 Å². The molecule has 0 bridgehead atoms. The van der Waals surface area contributed by atoms with Gasteiger partial charge in [0.1, 0.15) is 0 Å². The molecule has 1 unspecified atom stereocenters. The van der Waals surface area contributed by atoms with Gasteiger partial charge in [-0.05, 0) is 32.4 Å². The van der Waals surface area contributed by atoms with Gasteiger partial charge in [-0.15, -0.1) is 11.3 Å². The van der Waals surface area contributed by atoms with Crippen molar-refractivity contribution in [1.82, 2.24) is 4.90 Å². The van der Waals surface area contributed by atoms with Crippen LogP contribution in [0.2, 0.25) is 0 Å². The molecule has 0 fully saturated rings. The van der Waals surface area contributed by atoms with Gasteiger partial charge in [0.15, 0.2) is 0 Å². The Labute approximate surface area is 122 Å². The van der Waals surface area contributed by atoms with Crippen molar-refractivity contribution in [3.63, 3.8) is 0 Å². The molecule has 19 heavy (non-hydrogen) atoms. The van der Waals surface area contributed by atoms with Crippen LogP contribution in [0.1, 0.15) is 50.5 Å². The van der Waals surface area contributed by atoms with Crippen LogP contribution in [0.15, 0.2) is 11.4 Å². The van der Waals surface area contributed by atoms with E-state index >= 15 is 0 Å². The van der Waals surface area contributed by atoms with Gasteiger partial charge in [-0.3, -0.25) is 4.90 Å². The van der Waals surface area contributed by atoms with Crippen LogP contribution in [0.25, 0.3) is 0 Å². The lowest BCUT2D eigenvalue weighted by molar-refractivity contribution is 0.194. The normalized spacial score (nSPS) is 12.3. The van der Waals surface area contributed by atoms with Gasteiger partial charge in [0.2, 0.25) is 0 Å². The second-order valence-corrected chi connectivity index (χ2v) is 5.88. The smallest absolute Gasteiger partial charge is 0.0555 e. The highest BCUT2D eigenvalue weighted by Crippen LogP contribution is 2.18. The largest absolute Gasteiger partial charge is 0.320 e. The van der Waals surface area contributed by atoms with Crippen molar-refractivity contribution in [2.24, 2.45) is 5.73 Å². The molecule has 1 aromatic heterocycles. The summed E-state index contributed by atoms with van der Waals surface area (Å²) < 4.78 is 0. The minimum absolute atomic E-state index is 0.431. The first-order valence-electron chi connectivity index (χ1n) is 7.21. The lowest BCUT2D eigenvalue weighted by Crippen LogP contribution is -2.32. The summed E-state index contributed by atoms with van der Waals surface area (Å²) in [6.45, 7) is 9.49. The molecule has 1 rings (SSSR count). The van der Waals surface area contributed by atoms with Gasteiger partial charge in [-0.25, -0.2) is 0 Å². The highest BCUT2D eigenvalue weighted by Gasteiger charge is 2.13. The summed E-state index contributed by atoms with van der Waals surface area (Å²) in [6.07, 6.45) is 3.73. The van der Waals surface area contributed by atoms with Crippen LogP contribution in [-0.4, -0.2) is 24.0 Å². The molecule has 3 heteroatoms. The fourth-order valence-electron chi connectivity index (χ4n) is 1.96. The summed E-state index contributed by atoms with van der Waals surface area (Å²) in [7, 11) is 0. The van der Waals surface area contributed by atoms with Crippen LogP contribution >= 0.6 is 11.3 Å². The third kappa shape index (κ3) is 5.78. The molecule has 0 aliphatic rings. The zero-order valence-electron chi connectivity index (χ0n) is 12.4. The molecule has 106 valence electrons. The maximum Gasteiger partial charge on any atom is 0.0555 e. The SMILES string of the molecule is CCCCN(Cc1cc(C#CCN)cs1)C(C)CC. The molecule has 0 saturated carbocycles. The van der Waals surface area contributed by atoms with Crippen LogP contribution < -0.4 is 5.73 Å². The first-order chi connectivity index (χ1) is 9.21. The average molecular weight is 278 g/mol. The number of nitrogens with two attached hydrogens (primary N) is 1. The van der Waals surface area contributed by atoms with Crippen molar-refractivity contribution in [1.29, 1.82) is 0 Å². The quantitative estimate of drug-likeness (QED) is 0.774. The van der Waals surface area contributed by atoms with E-state index in [9.17, 15) is 0 Å². The Kier molecular flexibility index (Phi) is 7.81. The second kappa shape index (κ2) is 9.14. The van der Waals surface area contributed by atoms with E-state index in [0.29, 0.717) is 12.6 Å². The molecule has 2 nitrogen and oxygen atoms in total. The predicted octanol–water partition coefficient (Wildman–Crippen LogP) is 3.46. The molecule has 0 aliphatic heterocycles. The number of thiophene rings is 1. The van der Waals surface area contributed by atoms with Gasteiger partial charge in [0, 0.05) is 28.4 Å². The lowest BCUT2D eigenvalue weighted by Gasteiger charge is -2.27. The Balaban J connectivity index is 2.64. The second-order valence-electron chi connectivity index (χ2n) is 4.89. The number of rotatable bonds is 7. The van der Waals surface area contributed by atoms with E-state index in [-0.39, 0.29) is 0 Å². The maximum atomic E-state index is 5.40. The zero-order valence-corrected chi connectivity index (χ0v) is 13.2. The van der Waals surface area contributed by atoms with Gasteiger partial charge >= 0.3 is 0 Å². The van der Waals surface area contributed by atoms with E-state index in [4.69, 9.17) is 5.73 Å². The topological polar surface area (TPSA) is 29.3 Å². The van der Waals surface area contributed by atoms with Gasteiger partial charge in [0.25, 0.3) is 0 Å². The molecular weight excluding hydrogens is 252 g/mol. The third-order valence-electron chi connectivity index (χ3n) is 3.36. The van der Waals surface area contributed by atoms with E-state index in [1.807, 2.05) is 0 Å². The van der Waals surface area contributed by atoms with E-state index in [1.165, 1.54) is 30.7 Å². The summed E-state index contributed by atoms with van der Waals surface area (Å²) in [4.78, 5) is 3.98. The molecule has 0 saturated heterocycles. The molecule has 1 atom stereocenters. The Morgan fingerprint density at radius 2 is 2.21 bits per heavy atom. The van der Waals surface area contributed by atoms with E-state index in [1.54, 1.807) is 11.3 Å². The summed E-state index contributed by atoms with van der Waals surface area (Å²) >= 11 is 1.80. The van der Waals surface area contributed by atoms with Crippen molar-refractivity contribution < 1.29 is 0 Å². The van der Waals surface area contributed by atoms with Crippen LogP contribution in [-0.2, 0) is 6.54 Å². The van der Waals surface area contributed by atoms with Crippen molar-refractivity contribution in [3.8, 4) is 11.8 Å². The van der Waals surface area contributed by atoms with Crippen LogP contribution in [0.3, 0.4) is 0 Å². The van der Waals surface area contributed by atoms with Gasteiger partial charge < -0.3 is 5.73 Å². The minimum Gasteiger partial charge on any atom is -0.320 e. The van der Waals surface area contributed by atoms with Crippen molar-refractivity contribution >= 4 is 11.3 Å². The summed E-state index contributed by atoms with van der Waals surface area (Å²) in [6, 6.07) is 2.85. The molecule has 0 aliphatic carbocycles. The molecule has 0 radical (unpaired) electrons. The number of hydrogen-bond donors (Lipinski definition) is 1. The summed E-state index contributed by atoms with van der Waals surface area (Å²) in [5.41, 5.74) is 6.50. The van der Waals surface area contributed by atoms with Crippen LogP contribution in [0.4, 0.5) is 0 Å². The molecule has 0 amide bonds. The highest BCUT2D eigenvalue weighted by atomic mass is 32.1. The first kappa shape index (κ1) is 16.2. The Bertz CT molecular complexity index is 414. The molecule has 2 N–H and O–H groups in total. The highest BCUT2D eigenvalue weighted by molar-refractivity contribution is 7.10. The molecule has 1 aromatic rings. The van der Waals surface area contributed by atoms with Gasteiger partial charge in [0.05, 0.1) is 6.54 Å². The van der Waals surface area contributed by atoms with E-state index in [0.717, 1.165) is 12.1 Å². The molecule has 1 heterocycles. The monoisotopic (exact) mass is 278 g/mol. The molecule has 0 aromatic carbocycles. The molecular formula is C16H26N2S. The predicted molar refractivity (Wildman–Crippen MR) is 85.3 cm³/mol. The van der Waals surface area contributed by atoms with E-state index < -0.39 is 0 Å². The third-order valence-corrected chi connectivity index (χ3v) is 4.28. The Morgan fingerprint density at radius 3 is 2.84 bits per heavy atom. The van der Waals surface area contributed by atoms with Crippen molar-refractivity contribution in [2.75, 3.05) is 13.1 Å². The first-order valence-corrected chi connectivity index (χ1v) is 8.09. The van der Waals surface area contributed by atoms with Gasteiger partial charge in [-0.2, -0.15) is 0 Å². The fourth-order valence-corrected chi connectivity index (χ4v) is 2.80. The van der Waals surface area contributed by atoms with Crippen LogP contribution in [0, 0.1) is 11.8 Å². The van der Waals surface area contributed by atoms with E-state index in [2.05, 4.69) is 49.0 Å². The van der Waals surface area contributed by atoms with Crippen molar-refractivity contribution in [3.05, 3.63) is 21.9 Å². The lowest BCUT2D eigenvalue weighted by atomic mass is 10.2. The summed E-state index contributed by atoms with van der Waals surface area (Å²) in [5.74, 6) is 6.01. The standard InChI is InChI=1S/C16H26N2S/c1-4-6-10-18(14(3)5-2)12-16-11-15(13-19-16)8-7-9-17/h11,13-14H,4-6,9-10,12,17H2,1-3H3. The maximum absolute atomic E-state index is 5.40. The number of hydrogen-bond acceptors (Lipinski definition) is 3. The zero-order chi connectivity index (χ0) is 14.1. The molecule has 0 spiro atoms. The summed E-state index contributed by atoms with van der Waals surface area (Å²) in [5, 5.41) is 2.13. The van der Waals surface area contributed by atoms with Gasteiger partial charge in [-0.1, -0.05) is 32.1 Å². The number of nitrogens with zero attached hydrogens (tertiary/aromatic N) is 1. The fraction of sp³-hybridized carbons (Fsp3) is 0.625. The Morgan fingerprint density at radius 1 is 1.42 bits per heavy atom. The van der Waals surface area contributed by atoms with Crippen LogP contribution in [0.5, 0.6) is 0 Å². The Hall–Kier alpha value is -0.820. The number of unbranched alkanes of at least 4 members (excludes halogenated alkanes) is 1.